The number of hydrogen-bond donors (Lipinski definition) is 0. The smallest absolute Gasteiger partial charge is 0.381 e. The number of nitrogens with zero attached hydrogens (tertiary/aromatic N) is 3. The number of rotatable bonds is 4. The van der Waals surface area contributed by atoms with Crippen molar-refractivity contribution in [2.45, 2.75) is 25.7 Å². The van der Waals surface area contributed by atoms with Gasteiger partial charge in [0.1, 0.15) is 0 Å². The lowest BCUT2D eigenvalue weighted by molar-refractivity contribution is -0.460. The Labute approximate surface area is 204 Å². The number of benzene rings is 2. The number of thioether (sulfide) groups is 2. The summed E-state index contributed by atoms with van der Waals surface area (Å²) in [6, 6.07) is 12.9. The molecule has 2 aromatic carbocycles. The third-order valence-corrected chi connectivity index (χ3v) is 7.27. The third kappa shape index (κ3) is 3.80. The molecule has 0 saturated heterocycles. The summed E-state index contributed by atoms with van der Waals surface area (Å²) in [4.78, 5) is 18.4. The van der Waals surface area contributed by atoms with Crippen molar-refractivity contribution in [2.24, 2.45) is 0 Å². The average Bonchev–Trinajstić information content (AvgIpc) is 3.25. The zero-order chi connectivity index (χ0) is 20.5. The lowest BCUT2D eigenvalue weighted by Gasteiger charge is -2.19. The molecule has 0 aliphatic carbocycles. The highest BCUT2D eigenvalue weighted by Crippen LogP contribution is 2.49. The Morgan fingerprint density at radius 1 is 1.03 bits per heavy atom. The van der Waals surface area contributed by atoms with Gasteiger partial charge >= 0.3 is 11.1 Å². The largest absolute Gasteiger partial charge is 1.00 e. The zero-order valence-corrected chi connectivity index (χ0v) is 21.5. The highest BCUT2D eigenvalue weighted by Gasteiger charge is 2.41. The van der Waals surface area contributed by atoms with Gasteiger partial charge in [-0.25, -0.2) is 9.37 Å². The van der Waals surface area contributed by atoms with Crippen LogP contribution in [-0.4, -0.2) is 46.4 Å². The molecule has 0 aromatic heterocycles. The molecule has 4 nitrogen and oxygen atoms in total. The maximum absolute atomic E-state index is 13.0. The first-order valence-electron chi connectivity index (χ1n) is 10.0. The molecule has 158 valence electrons. The Hall–Kier alpha value is -1.45. The molecule has 1 amide bonds. The minimum absolute atomic E-state index is 0. The van der Waals surface area contributed by atoms with E-state index in [1.807, 2.05) is 24.2 Å². The molecule has 30 heavy (non-hydrogen) atoms. The summed E-state index contributed by atoms with van der Waals surface area (Å²) >= 11 is 3.41. The quantitative estimate of drug-likeness (QED) is 0.331. The number of allylic oxidation sites excluding steroid dienone is 2. The summed E-state index contributed by atoms with van der Waals surface area (Å²) in [6.07, 6.45) is 6.13. The van der Waals surface area contributed by atoms with Crippen LogP contribution < -0.4 is 28.9 Å². The fraction of sp³-hybridized carbons (Fsp3) is 0.304. The monoisotopic (exact) mass is 551 g/mol. The highest BCUT2D eigenvalue weighted by atomic mass is 127. The SMILES string of the molecule is CCN1C(=O)/C(=C/C=C2\Sc3ccc4ccccc4c3N2CC)[N+](CC)=C1SC.[I-]. The van der Waals surface area contributed by atoms with E-state index in [0.717, 1.165) is 29.0 Å². The Morgan fingerprint density at radius 3 is 2.43 bits per heavy atom. The fourth-order valence-electron chi connectivity index (χ4n) is 4.02. The zero-order valence-electron chi connectivity index (χ0n) is 17.7. The normalized spacial score (nSPS) is 18.7. The second kappa shape index (κ2) is 9.78. The van der Waals surface area contributed by atoms with Crippen LogP contribution in [0.3, 0.4) is 0 Å². The van der Waals surface area contributed by atoms with E-state index in [0.29, 0.717) is 6.54 Å². The van der Waals surface area contributed by atoms with Gasteiger partial charge in [0, 0.05) is 16.8 Å². The summed E-state index contributed by atoms with van der Waals surface area (Å²) in [5.74, 6) is 0.0876. The van der Waals surface area contributed by atoms with E-state index in [2.05, 4.69) is 65.8 Å². The maximum atomic E-state index is 13.0. The van der Waals surface area contributed by atoms with Crippen LogP contribution in [0, 0.1) is 0 Å². The molecule has 0 radical (unpaired) electrons. The van der Waals surface area contributed by atoms with Crippen LogP contribution in [0.25, 0.3) is 10.8 Å². The van der Waals surface area contributed by atoms with Gasteiger partial charge in [-0.05, 0) is 62.4 Å². The molecule has 2 aliphatic heterocycles. The van der Waals surface area contributed by atoms with Gasteiger partial charge in [0.25, 0.3) is 0 Å². The van der Waals surface area contributed by atoms with Gasteiger partial charge in [-0.3, -0.25) is 0 Å². The number of amides is 1. The van der Waals surface area contributed by atoms with E-state index in [1.165, 1.54) is 21.4 Å². The first-order valence-corrected chi connectivity index (χ1v) is 12.1. The summed E-state index contributed by atoms with van der Waals surface area (Å²) < 4.78 is 2.12. The Balaban J connectivity index is 0.00000256. The standard InChI is InChI=1S/C23H26N3OS2.HI/c1-5-24-18(22(27)26(7-3)23(24)28-4)13-15-20-25(6-2)21-17-11-9-8-10-16(17)12-14-19(21)29-20;/h8-15H,5-7H2,1-4H3;1H/q+1;/p-1/b18-13-,20-15-;. The Morgan fingerprint density at radius 2 is 1.77 bits per heavy atom. The van der Waals surface area contributed by atoms with Crippen molar-refractivity contribution in [3.05, 3.63) is 59.3 Å². The number of amidine groups is 1. The minimum Gasteiger partial charge on any atom is -1.00 e. The van der Waals surface area contributed by atoms with Gasteiger partial charge in [-0.15, -0.1) is 0 Å². The third-order valence-electron chi connectivity index (χ3n) is 5.35. The minimum atomic E-state index is 0. The highest BCUT2D eigenvalue weighted by molar-refractivity contribution is 8.13. The van der Waals surface area contributed by atoms with Gasteiger partial charge < -0.3 is 28.9 Å². The molecule has 0 spiro atoms. The summed E-state index contributed by atoms with van der Waals surface area (Å²) in [5.41, 5.74) is 2.03. The lowest BCUT2D eigenvalue weighted by Crippen LogP contribution is -3.00. The molecule has 0 N–H and O–H groups in total. The van der Waals surface area contributed by atoms with Crippen molar-refractivity contribution in [3.63, 3.8) is 0 Å². The maximum Gasteiger partial charge on any atom is 0.381 e. The van der Waals surface area contributed by atoms with Crippen LogP contribution in [0.2, 0.25) is 0 Å². The lowest BCUT2D eigenvalue weighted by atomic mass is 10.1. The van der Waals surface area contributed by atoms with Crippen molar-refractivity contribution in [2.75, 3.05) is 30.8 Å². The molecule has 0 atom stereocenters. The molecule has 2 aromatic rings. The molecule has 2 heterocycles. The van der Waals surface area contributed by atoms with E-state index in [1.54, 1.807) is 23.5 Å². The number of carbonyl (C=O) groups excluding carboxylic acids is 1. The number of fused-ring (bicyclic) bond motifs is 3. The van der Waals surface area contributed by atoms with E-state index in [-0.39, 0.29) is 29.9 Å². The van der Waals surface area contributed by atoms with Gasteiger partial charge in [0.15, 0.2) is 0 Å². The second-order valence-corrected chi connectivity index (χ2v) is 8.65. The molecule has 0 bridgehead atoms. The number of anilines is 1. The fourth-order valence-corrected chi connectivity index (χ4v) is 6.04. The van der Waals surface area contributed by atoms with Crippen LogP contribution in [0.5, 0.6) is 0 Å². The Kier molecular flexibility index (Phi) is 7.57. The number of carbonyl (C=O) groups is 1. The predicted octanol–water partition coefficient (Wildman–Crippen LogP) is 2.11. The molecular formula is C23H26IN3OS2. The Bertz CT molecular complexity index is 1080. The predicted molar refractivity (Wildman–Crippen MR) is 126 cm³/mol. The molecule has 7 heteroatoms. The van der Waals surface area contributed by atoms with Crippen LogP contribution >= 0.6 is 23.5 Å². The van der Waals surface area contributed by atoms with Crippen molar-refractivity contribution >= 4 is 51.1 Å². The molecule has 4 rings (SSSR count). The second-order valence-electron chi connectivity index (χ2n) is 6.82. The first-order chi connectivity index (χ1) is 14.1. The van der Waals surface area contributed by atoms with Crippen LogP contribution in [0.1, 0.15) is 20.8 Å². The van der Waals surface area contributed by atoms with Crippen molar-refractivity contribution in [1.82, 2.24) is 4.90 Å². The molecule has 2 aliphatic rings. The molecule has 0 fully saturated rings. The molecular weight excluding hydrogens is 525 g/mol. The van der Waals surface area contributed by atoms with E-state index in [9.17, 15) is 4.79 Å². The average molecular weight is 552 g/mol. The van der Waals surface area contributed by atoms with Gasteiger partial charge in [-0.2, -0.15) is 4.90 Å². The van der Waals surface area contributed by atoms with Crippen molar-refractivity contribution in [3.8, 4) is 0 Å². The van der Waals surface area contributed by atoms with Crippen molar-refractivity contribution < 1.29 is 33.3 Å². The van der Waals surface area contributed by atoms with Crippen molar-refractivity contribution in [1.29, 1.82) is 0 Å². The summed E-state index contributed by atoms with van der Waals surface area (Å²) in [5, 5.41) is 4.71. The van der Waals surface area contributed by atoms with Crippen LogP contribution in [0.4, 0.5) is 5.69 Å². The van der Waals surface area contributed by atoms with Crippen LogP contribution in [-0.2, 0) is 4.79 Å². The first kappa shape index (κ1) is 23.2. The van der Waals surface area contributed by atoms with Gasteiger partial charge in [0.2, 0.25) is 5.70 Å². The van der Waals surface area contributed by atoms with Gasteiger partial charge in [-0.1, -0.05) is 42.1 Å². The van der Waals surface area contributed by atoms with E-state index in [4.69, 9.17) is 0 Å². The topological polar surface area (TPSA) is 26.6 Å². The van der Waals surface area contributed by atoms with E-state index < -0.39 is 0 Å². The van der Waals surface area contributed by atoms with Gasteiger partial charge in [0.05, 0.1) is 23.8 Å². The number of likely N-dealkylation sites (N-methyl/N-ethyl adjacent to an activating group) is 2. The molecule has 0 saturated carbocycles. The summed E-state index contributed by atoms with van der Waals surface area (Å²) in [7, 11) is 0. The number of halogens is 1. The van der Waals surface area contributed by atoms with E-state index >= 15 is 0 Å². The summed E-state index contributed by atoms with van der Waals surface area (Å²) in [6.45, 7) is 8.65. The molecule has 0 unspecified atom stereocenters. The van der Waals surface area contributed by atoms with Crippen LogP contribution in [0.15, 0.2) is 64.2 Å². The number of hydrogen-bond acceptors (Lipinski definition) is 4.